The Bertz CT molecular complexity index is 406. The molecular formula is C34H70N2. The van der Waals surface area contributed by atoms with Gasteiger partial charge in [0, 0.05) is 13.1 Å². The monoisotopic (exact) mass is 507 g/mol. The molecule has 0 aromatic carbocycles. The Hall–Kier alpha value is -0.340. The van der Waals surface area contributed by atoms with E-state index in [0.29, 0.717) is 0 Å². The van der Waals surface area contributed by atoms with Crippen LogP contribution in [0.3, 0.4) is 0 Å². The first-order valence-corrected chi connectivity index (χ1v) is 17.0. The van der Waals surface area contributed by atoms with Gasteiger partial charge in [-0.3, -0.25) is 5.84 Å². The first-order valence-electron chi connectivity index (χ1n) is 17.0. The van der Waals surface area contributed by atoms with Crippen LogP contribution in [-0.2, 0) is 0 Å². The predicted molar refractivity (Wildman–Crippen MR) is 166 cm³/mol. The van der Waals surface area contributed by atoms with Crippen molar-refractivity contribution in [1.29, 1.82) is 0 Å². The second kappa shape index (κ2) is 32.7. The molecule has 216 valence electrons. The van der Waals surface area contributed by atoms with Crippen LogP contribution in [0.1, 0.15) is 194 Å². The maximum atomic E-state index is 6.21. The molecule has 0 bridgehead atoms. The molecule has 0 atom stereocenters. The topological polar surface area (TPSA) is 29.3 Å². The molecule has 0 aliphatic rings. The summed E-state index contributed by atoms with van der Waals surface area (Å²) in [6.07, 6.45) is 44.0. The molecule has 0 fully saturated rings. The molecule has 2 nitrogen and oxygen atoms in total. The fourth-order valence-electron chi connectivity index (χ4n) is 5.18. The van der Waals surface area contributed by atoms with Gasteiger partial charge in [-0.25, -0.2) is 5.01 Å². The lowest BCUT2D eigenvalue weighted by molar-refractivity contribution is 0.268. The van der Waals surface area contributed by atoms with E-state index in [1.54, 1.807) is 0 Å². The number of nitrogens with zero attached hydrogens (tertiary/aromatic N) is 1. The van der Waals surface area contributed by atoms with Crippen molar-refractivity contribution in [1.82, 2.24) is 5.01 Å². The van der Waals surface area contributed by atoms with Gasteiger partial charge in [-0.2, -0.15) is 0 Å². The van der Waals surface area contributed by atoms with Crippen LogP contribution < -0.4 is 5.84 Å². The van der Waals surface area contributed by atoms with Crippen molar-refractivity contribution in [2.24, 2.45) is 5.84 Å². The van der Waals surface area contributed by atoms with Crippen LogP contribution in [0.25, 0.3) is 0 Å². The van der Waals surface area contributed by atoms with Crippen LogP contribution in [0.4, 0.5) is 0 Å². The first-order chi connectivity index (χ1) is 17.8. The van der Waals surface area contributed by atoms with Gasteiger partial charge in [0.1, 0.15) is 0 Å². The van der Waals surface area contributed by atoms with Crippen molar-refractivity contribution in [3.8, 4) is 0 Å². The number of hydrogen-bond donors (Lipinski definition) is 1. The second-order valence-electron chi connectivity index (χ2n) is 11.6. The Labute approximate surface area is 229 Å². The maximum absolute atomic E-state index is 6.21. The van der Waals surface area contributed by atoms with Crippen LogP contribution in [0.5, 0.6) is 0 Å². The molecule has 36 heavy (non-hydrogen) atoms. The summed E-state index contributed by atoms with van der Waals surface area (Å²) in [5, 5.41) is 2.08. The van der Waals surface area contributed by atoms with Gasteiger partial charge < -0.3 is 0 Å². The molecule has 0 unspecified atom stereocenters. The highest BCUT2D eigenvalue weighted by Crippen LogP contribution is 2.13. The van der Waals surface area contributed by atoms with E-state index in [2.05, 4.69) is 31.0 Å². The fraction of sp³-hybridized carbons (Fsp3) is 0.941. The van der Waals surface area contributed by atoms with Gasteiger partial charge in [0.15, 0.2) is 0 Å². The highest BCUT2D eigenvalue weighted by molar-refractivity contribution is 4.81. The quantitative estimate of drug-likeness (QED) is 0.0438. The van der Waals surface area contributed by atoms with E-state index in [-0.39, 0.29) is 0 Å². The zero-order valence-corrected chi connectivity index (χ0v) is 25.4. The number of allylic oxidation sites excluding steroid dienone is 2. The summed E-state index contributed by atoms with van der Waals surface area (Å²) >= 11 is 0. The second-order valence-corrected chi connectivity index (χ2v) is 11.6. The van der Waals surface area contributed by atoms with E-state index in [1.807, 2.05) is 0 Å². The number of nitrogens with two attached hydrogens (primary N) is 1. The zero-order chi connectivity index (χ0) is 26.2. The summed E-state index contributed by atoms with van der Waals surface area (Å²) in [7, 11) is 0. The molecule has 0 aromatic rings. The van der Waals surface area contributed by atoms with Crippen LogP contribution in [0.2, 0.25) is 0 Å². The summed E-state index contributed by atoms with van der Waals surface area (Å²) in [6, 6.07) is 0. The van der Waals surface area contributed by atoms with E-state index in [9.17, 15) is 0 Å². The summed E-state index contributed by atoms with van der Waals surface area (Å²) in [5.74, 6) is 6.21. The van der Waals surface area contributed by atoms with Crippen molar-refractivity contribution in [3.63, 3.8) is 0 Å². The van der Waals surface area contributed by atoms with Gasteiger partial charge in [0.05, 0.1) is 0 Å². The van der Waals surface area contributed by atoms with Crippen LogP contribution in [0.15, 0.2) is 12.2 Å². The molecule has 0 aliphatic heterocycles. The van der Waals surface area contributed by atoms with E-state index in [4.69, 9.17) is 5.84 Å². The van der Waals surface area contributed by atoms with E-state index < -0.39 is 0 Å². The molecular weight excluding hydrogens is 436 g/mol. The van der Waals surface area contributed by atoms with Gasteiger partial charge >= 0.3 is 0 Å². The standard InChI is InChI=1S/C34H70N2/c1-3-5-7-9-11-13-15-17-19-20-22-24-26-28-30-32-34-36(35)33-31-29-27-25-23-21-18-16-14-12-10-8-6-4-2/h17,19H,3-16,18,20-35H2,1-2H3/b19-17-. The Morgan fingerprint density at radius 1 is 0.361 bits per heavy atom. The number of hydrogen-bond acceptors (Lipinski definition) is 2. The molecule has 0 radical (unpaired) electrons. The highest BCUT2D eigenvalue weighted by Gasteiger charge is 2.00. The molecule has 0 rings (SSSR count). The Kier molecular flexibility index (Phi) is 32.4. The molecule has 0 heterocycles. The number of unbranched alkanes of at least 4 members (excludes halogenated alkanes) is 25. The third kappa shape index (κ3) is 31.7. The van der Waals surface area contributed by atoms with E-state index in [1.165, 1.54) is 180 Å². The minimum Gasteiger partial charge on any atom is -0.269 e. The molecule has 0 aliphatic carbocycles. The van der Waals surface area contributed by atoms with Gasteiger partial charge in [-0.15, -0.1) is 0 Å². The molecule has 0 amide bonds. The summed E-state index contributed by atoms with van der Waals surface area (Å²) in [6.45, 7) is 6.76. The molecule has 2 heteroatoms. The highest BCUT2D eigenvalue weighted by atomic mass is 15.4. The van der Waals surface area contributed by atoms with Crippen molar-refractivity contribution in [2.45, 2.75) is 194 Å². The molecule has 0 saturated carbocycles. The van der Waals surface area contributed by atoms with Crippen molar-refractivity contribution < 1.29 is 0 Å². The SMILES string of the molecule is CCCCCCCC/C=C\CCCCCCCCN(N)CCCCCCCCCCCCCCCC. The Balaban J connectivity index is 3.18. The first kappa shape index (κ1) is 35.7. The smallest absolute Gasteiger partial charge is 0.0128 e. The van der Waals surface area contributed by atoms with E-state index in [0.717, 1.165) is 13.1 Å². The zero-order valence-electron chi connectivity index (χ0n) is 25.4. The number of rotatable bonds is 31. The lowest BCUT2D eigenvalue weighted by Crippen LogP contribution is -2.32. The molecule has 2 N–H and O–H groups in total. The summed E-state index contributed by atoms with van der Waals surface area (Å²) < 4.78 is 0. The third-order valence-corrected chi connectivity index (χ3v) is 7.76. The Morgan fingerprint density at radius 3 is 0.917 bits per heavy atom. The molecule has 0 spiro atoms. The van der Waals surface area contributed by atoms with E-state index >= 15 is 0 Å². The van der Waals surface area contributed by atoms with Gasteiger partial charge in [0.25, 0.3) is 0 Å². The maximum Gasteiger partial charge on any atom is 0.0128 e. The van der Waals surface area contributed by atoms with Gasteiger partial charge in [-0.1, -0.05) is 167 Å². The molecule has 0 aromatic heterocycles. The lowest BCUT2D eigenvalue weighted by Gasteiger charge is -2.15. The lowest BCUT2D eigenvalue weighted by atomic mass is 10.0. The van der Waals surface area contributed by atoms with Crippen LogP contribution in [0, 0.1) is 0 Å². The average Bonchev–Trinajstić information content (AvgIpc) is 2.88. The van der Waals surface area contributed by atoms with Crippen LogP contribution in [-0.4, -0.2) is 18.1 Å². The summed E-state index contributed by atoms with van der Waals surface area (Å²) in [4.78, 5) is 0. The molecule has 0 saturated heterocycles. The predicted octanol–water partition coefficient (Wildman–Crippen LogP) is 11.7. The van der Waals surface area contributed by atoms with Crippen molar-refractivity contribution in [2.75, 3.05) is 13.1 Å². The Morgan fingerprint density at radius 2 is 0.611 bits per heavy atom. The van der Waals surface area contributed by atoms with Gasteiger partial charge in [0.2, 0.25) is 0 Å². The summed E-state index contributed by atoms with van der Waals surface area (Å²) in [5.41, 5.74) is 0. The number of hydrazine groups is 1. The fourth-order valence-corrected chi connectivity index (χ4v) is 5.18. The third-order valence-electron chi connectivity index (χ3n) is 7.76. The minimum atomic E-state index is 1.08. The minimum absolute atomic E-state index is 1.08. The van der Waals surface area contributed by atoms with Crippen molar-refractivity contribution >= 4 is 0 Å². The average molecular weight is 507 g/mol. The largest absolute Gasteiger partial charge is 0.269 e. The van der Waals surface area contributed by atoms with Gasteiger partial charge in [-0.05, 0) is 38.5 Å². The van der Waals surface area contributed by atoms with Crippen molar-refractivity contribution in [3.05, 3.63) is 12.2 Å². The normalized spacial score (nSPS) is 11.9. The van der Waals surface area contributed by atoms with Crippen LogP contribution >= 0.6 is 0 Å².